The number of phenolic OH excluding ortho intramolecular Hbond substituents is 1. The van der Waals surface area contributed by atoms with Crippen LogP contribution in [0, 0.1) is 5.92 Å². The highest BCUT2D eigenvalue weighted by Gasteiger charge is 2.51. The van der Waals surface area contributed by atoms with Gasteiger partial charge in [-0.15, -0.1) is 0 Å². The summed E-state index contributed by atoms with van der Waals surface area (Å²) in [6.07, 6.45) is 3.21. The number of hydrogen-bond acceptors (Lipinski definition) is 7. The molecule has 8 nitrogen and oxygen atoms in total. The summed E-state index contributed by atoms with van der Waals surface area (Å²) in [5.74, 6) is -2.60. The second kappa shape index (κ2) is 9.12. The van der Waals surface area contributed by atoms with Crippen molar-refractivity contribution in [3.8, 4) is 17.2 Å². The standard InChI is InChI=1S/C25H22N2O6/c1-32-18-8-5-16(6-9-18)23(29)21-22(17-7-10-19(28)20(12-17)33-2)27(25(31)24(21)30)14-15-4-3-11-26-13-15/h3-13,21-22,28H,14H2,1-2H3. The molecular formula is C25H22N2O6. The predicted molar refractivity (Wildman–Crippen MR) is 118 cm³/mol. The van der Waals surface area contributed by atoms with Gasteiger partial charge in [-0.25, -0.2) is 0 Å². The molecule has 0 saturated carbocycles. The van der Waals surface area contributed by atoms with E-state index in [1.54, 1.807) is 54.9 Å². The molecule has 0 radical (unpaired) electrons. The number of methoxy groups -OCH3 is 2. The topological polar surface area (TPSA) is 106 Å². The lowest BCUT2D eigenvalue weighted by molar-refractivity contribution is -0.141. The average Bonchev–Trinajstić information content (AvgIpc) is 3.09. The molecule has 1 aromatic heterocycles. The lowest BCUT2D eigenvalue weighted by atomic mass is 9.86. The number of rotatable bonds is 7. The summed E-state index contributed by atoms with van der Waals surface area (Å²) in [6, 6.07) is 13.6. The Morgan fingerprint density at radius 1 is 1.06 bits per heavy atom. The van der Waals surface area contributed by atoms with Crippen molar-refractivity contribution < 1.29 is 29.0 Å². The van der Waals surface area contributed by atoms with Crippen LogP contribution in [0.15, 0.2) is 67.0 Å². The molecule has 1 N–H and O–H groups in total. The van der Waals surface area contributed by atoms with Gasteiger partial charge in [-0.3, -0.25) is 19.4 Å². The highest BCUT2D eigenvalue weighted by atomic mass is 16.5. The Kier molecular flexibility index (Phi) is 6.08. The number of phenols is 1. The second-order valence-corrected chi connectivity index (χ2v) is 7.61. The Balaban J connectivity index is 1.79. The molecule has 1 saturated heterocycles. The van der Waals surface area contributed by atoms with Crippen LogP contribution in [0.3, 0.4) is 0 Å². The second-order valence-electron chi connectivity index (χ2n) is 7.61. The number of amides is 1. The Hall–Kier alpha value is -4.20. The average molecular weight is 446 g/mol. The van der Waals surface area contributed by atoms with Gasteiger partial charge in [0.2, 0.25) is 5.78 Å². The molecule has 0 bridgehead atoms. The fourth-order valence-corrected chi connectivity index (χ4v) is 4.03. The number of aromatic nitrogens is 1. The van der Waals surface area contributed by atoms with Crippen LogP contribution in [-0.2, 0) is 16.1 Å². The van der Waals surface area contributed by atoms with Crippen molar-refractivity contribution in [2.75, 3.05) is 14.2 Å². The van der Waals surface area contributed by atoms with Gasteiger partial charge in [-0.2, -0.15) is 0 Å². The number of ether oxygens (including phenoxy) is 2. The highest BCUT2D eigenvalue weighted by molar-refractivity contribution is 6.44. The lowest BCUT2D eigenvalue weighted by Crippen LogP contribution is -2.30. The van der Waals surface area contributed by atoms with Crippen molar-refractivity contribution in [1.82, 2.24) is 9.88 Å². The number of ketones is 2. The third-order valence-electron chi connectivity index (χ3n) is 5.68. The van der Waals surface area contributed by atoms with Gasteiger partial charge in [0.1, 0.15) is 11.7 Å². The van der Waals surface area contributed by atoms with Gasteiger partial charge >= 0.3 is 0 Å². The van der Waals surface area contributed by atoms with Crippen LogP contribution < -0.4 is 9.47 Å². The molecule has 0 spiro atoms. The minimum atomic E-state index is -1.25. The van der Waals surface area contributed by atoms with Gasteiger partial charge in [0.15, 0.2) is 17.3 Å². The van der Waals surface area contributed by atoms with Crippen LogP contribution in [0.25, 0.3) is 0 Å². The fourth-order valence-electron chi connectivity index (χ4n) is 4.03. The minimum absolute atomic E-state index is 0.0891. The van der Waals surface area contributed by atoms with Gasteiger partial charge in [-0.1, -0.05) is 12.1 Å². The van der Waals surface area contributed by atoms with Crippen molar-refractivity contribution in [3.63, 3.8) is 0 Å². The van der Waals surface area contributed by atoms with Crippen molar-refractivity contribution >= 4 is 17.5 Å². The molecule has 1 aliphatic heterocycles. The maximum atomic E-state index is 13.5. The van der Waals surface area contributed by atoms with Crippen molar-refractivity contribution in [3.05, 3.63) is 83.7 Å². The number of carbonyl (C=O) groups is 3. The maximum Gasteiger partial charge on any atom is 0.291 e. The monoisotopic (exact) mass is 446 g/mol. The van der Waals surface area contributed by atoms with E-state index < -0.39 is 29.4 Å². The largest absolute Gasteiger partial charge is 0.504 e. The van der Waals surface area contributed by atoms with Crippen LogP contribution in [0.5, 0.6) is 17.2 Å². The summed E-state index contributed by atoms with van der Waals surface area (Å²) in [4.78, 5) is 45.1. The number of hydrogen-bond donors (Lipinski definition) is 1. The number of aromatic hydroxyl groups is 1. The Labute approximate surface area is 190 Å². The van der Waals surface area contributed by atoms with E-state index >= 15 is 0 Å². The first kappa shape index (κ1) is 22.0. The molecule has 2 heterocycles. The molecule has 2 atom stereocenters. The first-order valence-electron chi connectivity index (χ1n) is 10.2. The molecule has 168 valence electrons. The van der Waals surface area contributed by atoms with Gasteiger partial charge in [0.25, 0.3) is 5.91 Å². The van der Waals surface area contributed by atoms with Gasteiger partial charge in [-0.05, 0) is 53.6 Å². The molecule has 2 aromatic carbocycles. The zero-order valence-electron chi connectivity index (χ0n) is 18.1. The summed E-state index contributed by atoms with van der Waals surface area (Å²) >= 11 is 0. The summed E-state index contributed by atoms with van der Waals surface area (Å²) in [5, 5.41) is 10.0. The molecule has 8 heteroatoms. The number of nitrogens with zero attached hydrogens (tertiary/aromatic N) is 2. The summed E-state index contributed by atoms with van der Waals surface area (Å²) in [5.41, 5.74) is 1.51. The molecule has 33 heavy (non-hydrogen) atoms. The molecule has 2 unspecified atom stereocenters. The number of benzene rings is 2. The third kappa shape index (κ3) is 4.15. The smallest absolute Gasteiger partial charge is 0.291 e. The molecule has 1 amide bonds. The van der Waals surface area contributed by atoms with E-state index in [1.165, 1.54) is 31.3 Å². The Morgan fingerprint density at radius 3 is 2.45 bits per heavy atom. The summed E-state index contributed by atoms with van der Waals surface area (Å²) in [7, 11) is 2.91. The molecule has 1 aliphatic rings. The minimum Gasteiger partial charge on any atom is -0.504 e. The maximum absolute atomic E-state index is 13.5. The van der Waals surface area contributed by atoms with Crippen molar-refractivity contribution in [2.24, 2.45) is 5.92 Å². The van der Waals surface area contributed by atoms with E-state index in [1.807, 2.05) is 0 Å². The van der Waals surface area contributed by atoms with Crippen LogP contribution >= 0.6 is 0 Å². The number of carbonyl (C=O) groups excluding carboxylic acids is 3. The van der Waals surface area contributed by atoms with E-state index in [-0.39, 0.29) is 18.0 Å². The van der Waals surface area contributed by atoms with Gasteiger partial charge in [0.05, 0.1) is 20.3 Å². The van der Waals surface area contributed by atoms with Crippen LogP contribution in [0.4, 0.5) is 0 Å². The van der Waals surface area contributed by atoms with E-state index in [0.29, 0.717) is 22.4 Å². The van der Waals surface area contributed by atoms with Crippen LogP contribution in [0.1, 0.15) is 27.5 Å². The number of likely N-dealkylation sites (tertiary alicyclic amines) is 1. The summed E-state index contributed by atoms with van der Waals surface area (Å²) in [6.45, 7) is 0.0959. The van der Waals surface area contributed by atoms with Crippen LogP contribution in [0.2, 0.25) is 0 Å². The van der Waals surface area contributed by atoms with Crippen molar-refractivity contribution in [1.29, 1.82) is 0 Å². The fraction of sp³-hybridized carbons (Fsp3) is 0.200. The van der Waals surface area contributed by atoms with E-state index in [2.05, 4.69) is 4.98 Å². The van der Waals surface area contributed by atoms with Gasteiger partial charge < -0.3 is 19.5 Å². The Bertz CT molecular complexity index is 1190. The van der Waals surface area contributed by atoms with Gasteiger partial charge in [0, 0.05) is 24.5 Å². The molecule has 0 aliphatic carbocycles. The quantitative estimate of drug-likeness (QED) is 0.338. The normalized spacial score (nSPS) is 17.8. The number of pyridine rings is 1. The molecule has 4 rings (SSSR count). The highest BCUT2D eigenvalue weighted by Crippen LogP contribution is 2.41. The molecular weight excluding hydrogens is 424 g/mol. The van der Waals surface area contributed by atoms with E-state index in [4.69, 9.17) is 9.47 Å². The van der Waals surface area contributed by atoms with Crippen LogP contribution in [-0.4, -0.2) is 46.7 Å². The van der Waals surface area contributed by atoms with E-state index in [9.17, 15) is 19.5 Å². The first-order valence-corrected chi connectivity index (χ1v) is 10.2. The third-order valence-corrected chi connectivity index (χ3v) is 5.68. The van der Waals surface area contributed by atoms with E-state index in [0.717, 1.165) is 0 Å². The summed E-state index contributed by atoms with van der Waals surface area (Å²) < 4.78 is 10.4. The first-order chi connectivity index (χ1) is 15.9. The zero-order valence-corrected chi connectivity index (χ0v) is 18.1. The zero-order chi connectivity index (χ0) is 23.5. The molecule has 1 fully saturated rings. The Morgan fingerprint density at radius 2 is 1.82 bits per heavy atom. The lowest BCUT2D eigenvalue weighted by Gasteiger charge is -2.27. The predicted octanol–water partition coefficient (Wildman–Crippen LogP) is 2.96. The molecule has 3 aromatic rings. The van der Waals surface area contributed by atoms with Crippen molar-refractivity contribution in [2.45, 2.75) is 12.6 Å². The number of Topliss-reactive ketones (excluding diaryl/α,β-unsaturated/α-hetero) is 2. The SMILES string of the molecule is COc1ccc(C(=O)C2C(=O)C(=O)N(Cc3cccnc3)C2c2ccc(O)c(OC)c2)cc1.